The first-order valence-corrected chi connectivity index (χ1v) is 16.9. The Morgan fingerprint density at radius 3 is 1.47 bits per heavy atom. The third-order valence-electron chi connectivity index (χ3n) is 9.14. The standard InChI is InChI=1S/C41H25N3Se/c1-5-14-34-28(10-1)29-11-2-6-15-35(29)43(34)40-18-9-19-41(42-40)44-36-16-7-3-12-30(36)32-24-26(20-22-37(32)44)27-21-23-39-33(25-27)31-13-4-8-17-38(31)45-39/h1-25H. The Balaban J connectivity index is 1.17. The molecule has 0 amide bonds. The Morgan fingerprint density at radius 2 is 0.822 bits per heavy atom. The molecule has 4 heteroatoms. The molecule has 0 aliphatic heterocycles. The fraction of sp³-hybridized carbons (Fsp3) is 0. The molecule has 0 aliphatic carbocycles. The number of hydrogen-bond acceptors (Lipinski definition) is 1. The van der Waals surface area contributed by atoms with Crippen LogP contribution >= 0.6 is 0 Å². The minimum atomic E-state index is 0.378. The Kier molecular flexibility index (Phi) is 5.30. The van der Waals surface area contributed by atoms with Crippen LogP contribution in [-0.4, -0.2) is 28.6 Å². The molecule has 6 aromatic carbocycles. The van der Waals surface area contributed by atoms with Crippen LogP contribution < -0.4 is 0 Å². The molecular formula is C41H25N3Se. The van der Waals surface area contributed by atoms with Crippen molar-refractivity contribution in [2.45, 2.75) is 0 Å². The summed E-state index contributed by atoms with van der Waals surface area (Å²) in [6, 6.07) is 55.0. The summed E-state index contributed by atoms with van der Waals surface area (Å²) in [6.45, 7) is 0. The van der Waals surface area contributed by atoms with Gasteiger partial charge in [-0.2, -0.15) is 0 Å². The zero-order valence-electron chi connectivity index (χ0n) is 24.2. The van der Waals surface area contributed by atoms with Gasteiger partial charge in [-0.1, -0.05) is 36.4 Å². The molecule has 0 unspecified atom stereocenters. The molecule has 4 heterocycles. The number of nitrogens with zero attached hydrogens (tertiary/aromatic N) is 3. The van der Waals surface area contributed by atoms with Crippen molar-refractivity contribution in [2.75, 3.05) is 0 Å². The fourth-order valence-corrected chi connectivity index (χ4v) is 9.41. The van der Waals surface area contributed by atoms with E-state index in [1.54, 1.807) is 0 Å². The maximum atomic E-state index is 5.33. The molecule has 210 valence electrons. The van der Waals surface area contributed by atoms with Crippen LogP contribution in [0.5, 0.6) is 0 Å². The topological polar surface area (TPSA) is 22.8 Å². The second-order valence-electron chi connectivity index (χ2n) is 11.6. The SMILES string of the molecule is c1cc(-n2c3ccccc3c3ccccc32)nc(-n2c3ccccc3c3cc(-c4ccc5[se]c6ccccc6c5c4)ccc32)c1. The molecule has 0 fully saturated rings. The van der Waals surface area contributed by atoms with Crippen LogP contribution in [0, 0.1) is 0 Å². The zero-order valence-corrected chi connectivity index (χ0v) is 25.9. The van der Waals surface area contributed by atoms with Crippen molar-refractivity contribution in [3.05, 3.63) is 152 Å². The third-order valence-corrected chi connectivity index (χ3v) is 11.6. The Hall–Kier alpha value is -5.41. The van der Waals surface area contributed by atoms with E-state index in [9.17, 15) is 0 Å². The fourth-order valence-electron chi connectivity index (χ4n) is 7.14. The van der Waals surface area contributed by atoms with Crippen molar-refractivity contribution in [1.82, 2.24) is 14.1 Å². The molecule has 10 rings (SSSR count). The minimum absolute atomic E-state index is 0.378. The van der Waals surface area contributed by atoms with Crippen molar-refractivity contribution in [1.29, 1.82) is 0 Å². The third kappa shape index (κ3) is 3.67. The van der Waals surface area contributed by atoms with Gasteiger partial charge in [0.2, 0.25) is 0 Å². The molecule has 0 aliphatic rings. The summed E-state index contributed by atoms with van der Waals surface area (Å²) in [5.41, 5.74) is 7.12. The van der Waals surface area contributed by atoms with Gasteiger partial charge in [-0.3, -0.25) is 4.57 Å². The van der Waals surface area contributed by atoms with Crippen LogP contribution in [0.4, 0.5) is 0 Å². The van der Waals surface area contributed by atoms with Gasteiger partial charge in [-0.05, 0) is 18.2 Å². The van der Waals surface area contributed by atoms with E-state index in [4.69, 9.17) is 4.98 Å². The Labute approximate surface area is 265 Å². The summed E-state index contributed by atoms with van der Waals surface area (Å²) in [5, 5.41) is 7.71. The second kappa shape index (κ2) is 9.54. The van der Waals surface area contributed by atoms with Crippen LogP contribution in [-0.2, 0) is 0 Å². The van der Waals surface area contributed by atoms with Crippen molar-refractivity contribution in [3.63, 3.8) is 0 Å². The maximum absolute atomic E-state index is 5.33. The van der Waals surface area contributed by atoms with Crippen LogP contribution in [0.2, 0.25) is 0 Å². The summed E-state index contributed by atoms with van der Waals surface area (Å²) >= 11 is 0.378. The van der Waals surface area contributed by atoms with Gasteiger partial charge in [0.05, 0.1) is 11.0 Å². The molecule has 0 N–H and O–H groups in total. The summed E-state index contributed by atoms with van der Waals surface area (Å²) in [6.07, 6.45) is 0. The number of pyridine rings is 1. The number of rotatable bonds is 3. The van der Waals surface area contributed by atoms with E-state index < -0.39 is 0 Å². The summed E-state index contributed by atoms with van der Waals surface area (Å²) in [7, 11) is 0. The number of aromatic nitrogens is 3. The van der Waals surface area contributed by atoms with E-state index >= 15 is 0 Å². The molecule has 10 aromatic rings. The first-order valence-electron chi connectivity index (χ1n) is 15.2. The number of hydrogen-bond donors (Lipinski definition) is 0. The van der Waals surface area contributed by atoms with Crippen LogP contribution in [0.3, 0.4) is 0 Å². The molecule has 0 saturated heterocycles. The number of fused-ring (bicyclic) bond motifs is 9. The van der Waals surface area contributed by atoms with Gasteiger partial charge in [0.15, 0.2) is 0 Å². The van der Waals surface area contributed by atoms with E-state index in [0.717, 1.165) is 33.7 Å². The van der Waals surface area contributed by atoms with Gasteiger partial charge in [0.25, 0.3) is 0 Å². The van der Waals surface area contributed by atoms with Crippen LogP contribution in [0.25, 0.3) is 85.7 Å². The van der Waals surface area contributed by atoms with Crippen molar-refractivity contribution < 1.29 is 0 Å². The van der Waals surface area contributed by atoms with Crippen molar-refractivity contribution in [2.24, 2.45) is 0 Å². The molecule has 0 spiro atoms. The zero-order chi connectivity index (χ0) is 29.5. The van der Waals surface area contributed by atoms with E-state index in [2.05, 4.69) is 161 Å². The van der Waals surface area contributed by atoms with E-state index in [1.807, 2.05) is 0 Å². The number of benzene rings is 6. The quantitative estimate of drug-likeness (QED) is 0.177. The molecule has 0 bridgehead atoms. The first kappa shape index (κ1) is 25.0. The normalized spacial score (nSPS) is 12.0. The molecule has 4 aromatic heterocycles. The molecule has 0 radical (unpaired) electrons. The van der Waals surface area contributed by atoms with E-state index in [0.29, 0.717) is 14.5 Å². The average molecular weight is 639 g/mol. The predicted molar refractivity (Wildman–Crippen MR) is 190 cm³/mol. The Bertz CT molecular complexity index is 2720. The van der Waals surface area contributed by atoms with Gasteiger partial charge in [-0.15, -0.1) is 0 Å². The van der Waals surface area contributed by atoms with Gasteiger partial charge >= 0.3 is 185 Å². The molecule has 45 heavy (non-hydrogen) atoms. The second-order valence-corrected chi connectivity index (χ2v) is 13.9. The van der Waals surface area contributed by atoms with E-state index in [-0.39, 0.29) is 0 Å². The Morgan fingerprint density at radius 1 is 0.356 bits per heavy atom. The molecule has 0 saturated carbocycles. The van der Waals surface area contributed by atoms with Gasteiger partial charge < -0.3 is 0 Å². The summed E-state index contributed by atoms with van der Waals surface area (Å²) in [4.78, 5) is 5.33. The molecule has 0 atom stereocenters. The molecule has 3 nitrogen and oxygen atoms in total. The summed E-state index contributed by atoms with van der Waals surface area (Å²) < 4.78 is 7.55. The number of para-hydroxylation sites is 3. The van der Waals surface area contributed by atoms with Crippen LogP contribution in [0.1, 0.15) is 0 Å². The molecular weight excluding hydrogens is 613 g/mol. The van der Waals surface area contributed by atoms with Gasteiger partial charge in [-0.25, -0.2) is 0 Å². The average Bonchev–Trinajstić information content (AvgIpc) is 3.75. The van der Waals surface area contributed by atoms with Gasteiger partial charge in [0, 0.05) is 10.8 Å². The van der Waals surface area contributed by atoms with E-state index in [1.165, 1.54) is 52.0 Å². The summed E-state index contributed by atoms with van der Waals surface area (Å²) in [5.74, 6) is 1.82. The van der Waals surface area contributed by atoms with Gasteiger partial charge in [0.1, 0.15) is 0 Å². The monoisotopic (exact) mass is 639 g/mol. The van der Waals surface area contributed by atoms with Crippen LogP contribution in [0.15, 0.2) is 152 Å². The van der Waals surface area contributed by atoms with Crippen molar-refractivity contribution in [3.8, 4) is 22.8 Å². The van der Waals surface area contributed by atoms with Crippen molar-refractivity contribution >= 4 is 77.4 Å². The predicted octanol–water partition coefficient (Wildman–Crippen LogP) is 10.3. The first-order chi connectivity index (χ1) is 22.3.